The van der Waals surface area contributed by atoms with Crippen molar-refractivity contribution in [1.29, 1.82) is 0 Å². The molecule has 7 heteroatoms. The first-order chi connectivity index (χ1) is 9.50. The summed E-state index contributed by atoms with van der Waals surface area (Å²) in [5.41, 5.74) is 1.92. The summed E-state index contributed by atoms with van der Waals surface area (Å²) in [6.07, 6.45) is 1.24. The molecule has 3 rings (SSSR count). The minimum absolute atomic E-state index is 0.146. The maximum absolute atomic E-state index is 11.5. The number of benzene rings is 1. The Bertz CT molecular complexity index is 791. The number of nitrogens with zero attached hydrogens (tertiary/aromatic N) is 1. The third-order valence-corrected chi connectivity index (χ3v) is 5.83. The molecule has 5 nitrogen and oxygen atoms in total. The third kappa shape index (κ3) is 2.35. The van der Waals surface area contributed by atoms with Gasteiger partial charge in [-0.2, -0.15) is 0 Å². The molecule has 0 aliphatic carbocycles. The summed E-state index contributed by atoms with van der Waals surface area (Å²) >= 11 is 5.39. The van der Waals surface area contributed by atoms with Gasteiger partial charge in [0.25, 0.3) is 0 Å². The molecule has 0 saturated carbocycles. The molecule has 0 amide bonds. The highest BCUT2D eigenvalue weighted by atomic mass is 32.2. The van der Waals surface area contributed by atoms with Crippen molar-refractivity contribution in [3.8, 4) is 5.75 Å². The molecule has 1 aromatic carbocycles. The predicted octanol–water partition coefficient (Wildman–Crippen LogP) is 2.46. The van der Waals surface area contributed by atoms with E-state index in [4.69, 9.17) is 17.0 Å². The number of rotatable bonds is 2. The maximum Gasteiger partial charge on any atom is 0.178 e. The molecular formula is C13H16N2O3S2. The van der Waals surface area contributed by atoms with Crippen LogP contribution in [0.2, 0.25) is 0 Å². The first kappa shape index (κ1) is 13.6. The van der Waals surface area contributed by atoms with Gasteiger partial charge in [-0.05, 0) is 37.2 Å². The molecule has 2 aromatic rings. The molecule has 1 fully saturated rings. The molecule has 0 spiro atoms. The second kappa shape index (κ2) is 4.89. The van der Waals surface area contributed by atoms with Crippen molar-refractivity contribution in [2.24, 2.45) is 0 Å². The Hall–Kier alpha value is -1.34. The zero-order chi connectivity index (χ0) is 14.3. The van der Waals surface area contributed by atoms with Gasteiger partial charge in [0.2, 0.25) is 0 Å². The van der Waals surface area contributed by atoms with Gasteiger partial charge in [0.1, 0.15) is 15.6 Å². The smallest absolute Gasteiger partial charge is 0.178 e. The van der Waals surface area contributed by atoms with E-state index in [0.717, 1.165) is 16.8 Å². The predicted molar refractivity (Wildman–Crippen MR) is 80.6 cm³/mol. The summed E-state index contributed by atoms with van der Waals surface area (Å²) in [4.78, 5) is 3.17. The topological polar surface area (TPSA) is 64.1 Å². The van der Waals surface area contributed by atoms with E-state index in [2.05, 4.69) is 4.98 Å². The lowest BCUT2D eigenvalue weighted by Crippen LogP contribution is -2.25. The number of H-pyrrole nitrogens is 1. The number of aromatic amines is 1. The van der Waals surface area contributed by atoms with E-state index in [-0.39, 0.29) is 17.5 Å². The van der Waals surface area contributed by atoms with Crippen molar-refractivity contribution in [1.82, 2.24) is 9.55 Å². The number of ether oxygens (including phenoxy) is 1. The molecule has 1 aliphatic heterocycles. The van der Waals surface area contributed by atoms with Crippen molar-refractivity contribution in [2.75, 3.05) is 18.6 Å². The largest absolute Gasteiger partial charge is 0.497 e. The van der Waals surface area contributed by atoms with E-state index in [1.54, 1.807) is 7.11 Å². The Morgan fingerprint density at radius 3 is 2.70 bits per heavy atom. The number of hydrogen-bond acceptors (Lipinski definition) is 4. The van der Waals surface area contributed by atoms with E-state index < -0.39 is 9.84 Å². The van der Waals surface area contributed by atoms with Crippen LogP contribution in [-0.2, 0) is 9.84 Å². The van der Waals surface area contributed by atoms with E-state index in [1.807, 2.05) is 22.8 Å². The minimum Gasteiger partial charge on any atom is -0.497 e. The molecule has 1 N–H and O–H groups in total. The van der Waals surface area contributed by atoms with Crippen molar-refractivity contribution < 1.29 is 13.2 Å². The van der Waals surface area contributed by atoms with Crippen LogP contribution in [0.4, 0.5) is 0 Å². The van der Waals surface area contributed by atoms with Gasteiger partial charge in [-0.25, -0.2) is 8.42 Å². The Kier molecular flexibility index (Phi) is 3.33. The van der Waals surface area contributed by atoms with Gasteiger partial charge in [-0.15, -0.1) is 0 Å². The van der Waals surface area contributed by atoms with E-state index in [0.29, 0.717) is 17.6 Å². The number of hydrogen-bond donors (Lipinski definition) is 1. The van der Waals surface area contributed by atoms with Crippen LogP contribution in [0.5, 0.6) is 5.75 Å². The second-order valence-corrected chi connectivity index (χ2v) is 7.76. The number of sulfone groups is 1. The molecule has 0 radical (unpaired) electrons. The number of nitrogens with one attached hydrogen (secondary N) is 1. The summed E-state index contributed by atoms with van der Waals surface area (Å²) < 4.78 is 31.0. The average molecular weight is 312 g/mol. The van der Waals surface area contributed by atoms with Gasteiger partial charge >= 0.3 is 0 Å². The fourth-order valence-corrected chi connectivity index (χ4v) is 4.56. The Balaban J connectivity index is 2.04. The van der Waals surface area contributed by atoms with E-state index in [9.17, 15) is 8.42 Å². The molecule has 0 atom stereocenters. The highest BCUT2D eigenvalue weighted by molar-refractivity contribution is 7.91. The lowest BCUT2D eigenvalue weighted by atomic mass is 10.1. The zero-order valence-corrected chi connectivity index (χ0v) is 12.8. The highest BCUT2D eigenvalue weighted by Crippen LogP contribution is 2.29. The van der Waals surface area contributed by atoms with Gasteiger partial charge < -0.3 is 14.3 Å². The summed E-state index contributed by atoms with van der Waals surface area (Å²) in [5, 5.41) is 0. The minimum atomic E-state index is -2.86. The lowest BCUT2D eigenvalue weighted by molar-refractivity contribution is 0.415. The van der Waals surface area contributed by atoms with Crippen LogP contribution in [0, 0.1) is 4.77 Å². The van der Waals surface area contributed by atoms with Gasteiger partial charge in [0.15, 0.2) is 4.77 Å². The first-order valence-corrected chi connectivity index (χ1v) is 8.72. The Morgan fingerprint density at radius 1 is 1.35 bits per heavy atom. The molecule has 1 saturated heterocycles. The summed E-state index contributed by atoms with van der Waals surface area (Å²) in [6.45, 7) is 0. The van der Waals surface area contributed by atoms with Crippen LogP contribution in [-0.4, -0.2) is 36.6 Å². The third-order valence-electron chi connectivity index (χ3n) is 3.81. The number of fused-ring (bicyclic) bond motifs is 1. The van der Waals surface area contributed by atoms with Gasteiger partial charge in [0, 0.05) is 12.1 Å². The van der Waals surface area contributed by atoms with Crippen LogP contribution in [0.3, 0.4) is 0 Å². The molecule has 1 aromatic heterocycles. The van der Waals surface area contributed by atoms with Crippen LogP contribution in [0.1, 0.15) is 18.9 Å². The van der Waals surface area contributed by atoms with Gasteiger partial charge in [0.05, 0.1) is 29.6 Å². The molecule has 0 bridgehead atoms. The lowest BCUT2D eigenvalue weighted by Gasteiger charge is -2.23. The van der Waals surface area contributed by atoms with Crippen LogP contribution < -0.4 is 4.74 Å². The number of methoxy groups -OCH3 is 1. The molecule has 2 heterocycles. The van der Waals surface area contributed by atoms with Crippen LogP contribution in [0.25, 0.3) is 11.0 Å². The van der Waals surface area contributed by atoms with Crippen molar-refractivity contribution in [3.05, 3.63) is 23.0 Å². The SMILES string of the molecule is COc1ccc2c(c1)[nH]c(=S)n2C1CCS(=O)(=O)CC1. The number of imidazole rings is 1. The molecule has 20 heavy (non-hydrogen) atoms. The van der Waals surface area contributed by atoms with Gasteiger partial charge in [-0.3, -0.25) is 0 Å². The fraction of sp³-hybridized carbons (Fsp3) is 0.462. The van der Waals surface area contributed by atoms with Crippen LogP contribution >= 0.6 is 12.2 Å². The number of aromatic nitrogens is 2. The normalized spacial score (nSPS) is 19.2. The standard InChI is InChI=1S/C13H16N2O3S2/c1-18-10-2-3-12-11(8-10)14-13(19)15(12)9-4-6-20(16,17)7-5-9/h2-3,8-9H,4-7H2,1H3,(H,14,19). The molecular weight excluding hydrogens is 296 g/mol. The quantitative estimate of drug-likeness (QED) is 0.865. The summed E-state index contributed by atoms with van der Waals surface area (Å²) in [5.74, 6) is 1.25. The van der Waals surface area contributed by atoms with Crippen molar-refractivity contribution in [3.63, 3.8) is 0 Å². The molecule has 108 valence electrons. The summed E-state index contributed by atoms with van der Waals surface area (Å²) in [6, 6.07) is 5.90. The zero-order valence-electron chi connectivity index (χ0n) is 11.1. The fourth-order valence-electron chi connectivity index (χ4n) is 2.74. The average Bonchev–Trinajstić information content (AvgIpc) is 2.74. The second-order valence-electron chi connectivity index (χ2n) is 5.07. The van der Waals surface area contributed by atoms with Crippen molar-refractivity contribution >= 4 is 33.1 Å². The molecule has 0 unspecified atom stereocenters. The maximum atomic E-state index is 11.5. The van der Waals surface area contributed by atoms with E-state index >= 15 is 0 Å². The van der Waals surface area contributed by atoms with Crippen molar-refractivity contribution in [2.45, 2.75) is 18.9 Å². The van der Waals surface area contributed by atoms with Gasteiger partial charge in [-0.1, -0.05) is 0 Å². The van der Waals surface area contributed by atoms with Crippen LogP contribution in [0.15, 0.2) is 18.2 Å². The Morgan fingerprint density at radius 2 is 2.05 bits per heavy atom. The molecule has 1 aliphatic rings. The first-order valence-electron chi connectivity index (χ1n) is 6.49. The summed E-state index contributed by atoms with van der Waals surface area (Å²) in [7, 11) is -1.24. The highest BCUT2D eigenvalue weighted by Gasteiger charge is 2.26. The van der Waals surface area contributed by atoms with E-state index in [1.165, 1.54) is 0 Å². The Labute approximate surface area is 122 Å². The monoisotopic (exact) mass is 312 g/mol.